The largest absolute Gasteiger partial charge is 0.382 e. The molecule has 0 unspecified atom stereocenters. The molecule has 1 aromatic carbocycles. The number of hydrogen-bond donors (Lipinski definition) is 1. The van der Waals surface area contributed by atoms with E-state index in [-0.39, 0.29) is 23.3 Å². The van der Waals surface area contributed by atoms with Crippen molar-refractivity contribution in [2.75, 3.05) is 18.8 Å². The Morgan fingerprint density at radius 2 is 2.08 bits per heavy atom. The summed E-state index contributed by atoms with van der Waals surface area (Å²) >= 11 is 1.71. The van der Waals surface area contributed by atoms with E-state index in [2.05, 4.69) is 16.0 Å². The number of thiazole rings is 1. The molecule has 122 valence electrons. The van der Waals surface area contributed by atoms with Gasteiger partial charge in [0, 0.05) is 31.4 Å². The summed E-state index contributed by atoms with van der Waals surface area (Å²) in [5, 5.41) is 1.10. The van der Waals surface area contributed by atoms with Crippen molar-refractivity contribution in [2.45, 2.75) is 18.8 Å². The molecule has 3 aromatic rings. The van der Waals surface area contributed by atoms with E-state index >= 15 is 0 Å². The van der Waals surface area contributed by atoms with Gasteiger partial charge >= 0.3 is 0 Å². The molecule has 1 fully saturated rings. The van der Waals surface area contributed by atoms with Crippen molar-refractivity contribution in [1.82, 2.24) is 19.9 Å². The summed E-state index contributed by atoms with van der Waals surface area (Å²) in [5.74, 6) is 0.300. The van der Waals surface area contributed by atoms with Crippen LogP contribution in [0.4, 0.5) is 5.82 Å². The number of amides is 1. The third-order valence-electron chi connectivity index (χ3n) is 4.30. The van der Waals surface area contributed by atoms with Crippen LogP contribution in [0.5, 0.6) is 0 Å². The molecule has 1 amide bonds. The molecule has 24 heavy (non-hydrogen) atoms. The quantitative estimate of drug-likeness (QED) is 0.776. The number of nitrogen functional groups attached to an aromatic ring is 1. The third-order valence-corrected chi connectivity index (χ3v) is 5.50. The predicted molar refractivity (Wildman–Crippen MR) is 93.9 cm³/mol. The van der Waals surface area contributed by atoms with Crippen LogP contribution in [0, 0.1) is 0 Å². The number of para-hydroxylation sites is 1. The molecule has 1 aliphatic rings. The maximum absolute atomic E-state index is 12.7. The number of hydrogen-bond acceptors (Lipinski definition) is 6. The highest BCUT2D eigenvalue weighted by atomic mass is 32.1. The lowest BCUT2D eigenvalue weighted by Gasteiger charge is -2.31. The lowest BCUT2D eigenvalue weighted by Crippen LogP contribution is -2.39. The fourth-order valence-electron chi connectivity index (χ4n) is 3.09. The molecular weight excluding hydrogens is 322 g/mol. The smallest absolute Gasteiger partial charge is 0.276 e. The van der Waals surface area contributed by atoms with Crippen LogP contribution in [0.3, 0.4) is 0 Å². The number of fused-ring (bicyclic) bond motifs is 1. The van der Waals surface area contributed by atoms with Gasteiger partial charge in [0.1, 0.15) is 0 Å². The first-order valence-corrected chi connectivity index (χ1v) is 8.75. The highest BCUT2D eigenvalue weighted by Crippen LogP contribution is 2.33. The molecule has 7 heteroatoms. The second-order valence-corrected chi connectivity index (χ2v) is 6.96. The monoisotopic (exact) mass is 339 g/mol. The van der Waals surface area contributed by atoms with Gasteiger partial charge in [-0.15, -0.1) is 11.3 Å². The minimum absolute atomic E-state index is 0.147. The lowest BCUT2D eigenvalue weighted by atomic mass is 9.98. The van der Waals surface area contributed by atoms with Gasteiger partial charge in [0.2, 0.25) is 0 Å². The van der Waals surface area contributed by atoms with Gasteiger partial charge in [0.25, 0.3) is 5.91 Å². The van der Waals surface area contributed by atoms with Crippen molar-refractivity contribution in [3.8, 4) is 0 Å². The van der Waals surface area contributed by atoms with Crippen LogP contribution >= 0.6 is 11.3 Å². The number of carbonyl (C=O) groups is 1. The zero-order chi connectivity index (χ0) is 16.5. The Morgan fingerprint density at radius 1 is 1.25 bits per heavy atom. The number of benzene rings is 1. The molecule has 6 nitrogen and oxygen atoms in total. The molecule has 0 bridgehead atoms. The van der Waals surface area contributed by atoms with Crippen molar-refractivity contribution in [1.29, 1.82) is 0 Å². The fraction of sp³-hybridized carbons (Fsp3) is 0.294. The lowest BCUT2D eigenvalue weighted by molar-refractivity contribution is 0.0702. The summed E-state index contributed by atoms with van der Waals surface area (Å²) in [6.07, 6.45) is 4.98. The summed E-state index contributed by atoms with van der Waals surface area (Å²) in [6, 6.07) is 8.14. The average molecular weight is 339 g/mol. The van der Waals surface area contributed by atoms with E-state index in [9.17, 15) is 4.79 Å². The van der Waals surface area contributed by atoms with Crippen molar-refractivity contribution in [3.63, 3.8) is 0 Å². The second-order valence-electron chi connectivity index (χ2n) is 5.90. The Kier molecular flexibility index (Phi) is 3.86. The first-order valence-electron chi connectivity index (χ1n) is 7.93. The molecule has 1 saturated heterocycles. The van der Waals surface area contributed by atoms with Gasteiger partial charge in [-0.3, -0.25) is 4.79 Å². The third kappa shape index (κ3) is 2.71. The first-order chi connectivity index (χ1) is 11.7. The Balaban J connectivity index is 1.57. The Hall–Kier alpha value is -2.54. The maximum atomic E-state index is 12.7. The number of anilines is 1. The van der Waals surface area contributed by atoms with Crippen LogP contribution in [0.2, 0.25) is 0 Å². The van der Waals surface area contributed by atoms with E-state index in [0.717, 1.165) is 29.9 Å². The number of nitrogens with zero attached hydrogens (tertiary/aromatic N) is 4. The number of carbonyl (C=O) groups excluding carboxylic acids is 1. The van der Waals surface area contributed by atoms with E-state index in [1.807, 2.05) is 23.1 Å². The van der Waals surface area contributed by atoms with Crippen molar-refractivity contribution in [2.24, 2.45) is 0 Å². The molecule has 1 atom stereocenters. The van der Waals surface area contributed by atoms with Gasteiger partial charge < -0.3 is 10.6 Å². The maximum Gasteiger partial charge on any atom is 0.276 e. The van der Waals surface area contributed by atoms with Crippen LogP contribution in [-0.4, -0.2) is 38.8 Å². The number of likely N-dealkylation sites (tertiary alicyclic amines) is 1. The van der Waals surface area contributed by atoms with Gasteiger partial charge in [0.05, 0.1) is 15.2 Å². The Morgan fingerprint density at radius 3 is 2.92 bits per heavy atom. The van der Waals surface area contributed by atoms with Crippen LogP contribution in [0.1, 0.15) is 34.3 Å². The molecule has 1 aliphatic heterocycles. The van der Waals surface area contributed by atoms with Crippen LogP contribution in [0.15, 0.2) is 36.7 Å². The molecule has 4 rings (SSSR count). The highest BCUT2D eigenvalue weighted by Gasteiger charge is 2.29. The Bertz CT molecular complexity index is 860. The Labute approximate surface area is 143 Å². The van der Waals surface area contributed by atoms with Crippen LogP contribution in [-0.2, 0) is 0 Å². The fourth-order valence-corrected chi connectivity index (χ4v) is 4.18. The highest BCUT2D eigenvalue weighted by molar-refractivity contribution is 7.18. The van der Waals surface area contributed by atoms with E-state index in [1.165, 1.54) is 17.1 Å². The topological polar surface area (TPSA) is 85.0 Å². The molecule has 0 saturated carbocycles. The minimum Gasteiger partial charge on any atom is -0.382 e. The number of nitrogens with two attached hydrogens (primary N) is 1. The first kappa shape index (κ1) is 15.0. The molecule has 0 radical (unpaired) electrons. The van der Waals surface area contributed by atoms with Gasteiger partial charge in [-0.25, -0.2) is 15.0 Å². The van der Waals surface area contributed by atoms with Crippen molar-refractivity contribution in [3.05, 3.63) is 47.4 Å². The zero-order valence-electron chi connectivity index (χ0n) is 13.1. The molecular formula is C17H17N5OS. The predicted octanol–water partition coefficient (Wildman–Crippen LogP) is 2.69. The number of rotatable bonds is 2. The number of piperidine rings is 1. The molecule has 2 aromatic heterocycles. The van der Waals surface area contributed by atoms with Crippen LogP contribution < -0.4 is 5.73 Å². The second kappa shape index (κ2) is 6.16. The van der Waals surface area contributed by atoms with E-state index < -0.39 is 0 Å². The van der Waals surface area contributed by atoms with Gasteiger partial charge in [-0.2, -0.15) is 0 Å². The molecule has 0 spiro atoms. The molecule has 0 aliphatic carbocycles. The summed E-state index contributed by atoms with van der Waals surface area (Å²) in [4.78, 5) is 27.3. The summed E-state index contributed by atoms with van der Waals surface area (Å²) in [5.41, 5.74) is 7.06. The zero-order valence-corrected chi connectivity index (χ0v) is 13.9. The summed E-state index contributed by atoms with van der Waals surface area (Å²) in [7, 11) is 0. The van der Waals surface area contributed by atoms with Gasteiger partial charge in [-0.1, -0.05) is 12.1 Å². The van der Waals surface area contributed by atoms with Gasteiger partial charge in [-0.05, 0) is 25.0 Å². The van der Waals surface area contributed by atoms with Gasteiger partial charge in [0.15, 0.2) is 11.5 Å². The summed E-state index contributed by atoms with van der Waals surface area (Å²) < 4.78 is 1.19. The minimum atomic E-state index is -0.147. The van der Waals surface area contributed by atoms with Crippen molar-refractivity contribution < 1.29 is 4.79 Å². The SMILES string of the molecule is Nc1nccnc1C(=O)N1CCC[C@H](c2nc3ccccc3s2)C1. The van der Waals surface area contributed by atoms with Crippen molar-refractivity contribution >= 4 is 33.3 Å². The van der Waals surface area contributed by atoms with E-state index in [1.54, 1.807) is 11.3 Å². The standard InChI is InChI=1S/C17H17N5OS/c18-15-14(19-7-8-20-15)17(23)22-9-3-4-11(10-22)16-21-12-5-1-2-6-13(12)24-16/h1-2,5-8,11H,3-4,9-10H2,(H2,18,20)/t11-/m0/s1. The van der Waals surface area contributed by atoms with E-state index in [4.69, 9.17) is 10.7 Å². The average Bonchev–Trinajstić information content (AvgIpc) is 3.06. The molecule has 3 heterocycles. The molecule has 2 N–H and O–H groups in total. The van der Waals surface area contributed by atoms with Crippen LogP contribution in [0.25, 0.3) is 10.2 Å². The normalized spacial score (nSPS) is 18.0. The summed E-state index contributed by atoms with van der Waals surface area (Å²) in [6.45, 7) is 1.37. The number of aromatic nitrogens is 3. The van der Waals surface area contributed by atoms with E-state index in [0.29, 0.717) is 6.54 Å².